The van der Waals surface area contributed by atoms with Crippen LogP contribution in [-0.4, -0.2) is 34.5 Å². The molecular weight excluding hydrogens is 236 g/mol. The van der Waals surface area contributed by atoms with Crippen molar-refractivity contribution in [2.45, 2.75) is 13.8 Å². The molecule has 0 radical (unpaired) electrons. The summed E-state index contributed by atoms with van der Waals surface area (Å²) >= 11 is 1.67. The molecule has 0 atom stereocenters. The van der Waals surface area contributed by atoms with Crippen LogP contribution in [0.4, 0.5) is 5.13 Å². The second-order valence-electron chi connectivity index (χ2n) is 5.04. The summed E-state index contributed by atoms with van der Waals surface area (Å²) in [6, 6.07) is 0. The Morgan fingerprint density at radius 1 is 1.53 bits per heavy atom. The number of aromatic nitrogens is 3. The van der Waals surface area contributed by atoms with Gasteiger partial charge in [0.1, 0.15) is 0 Å². The molecule has 2 aromatic heterocycles. The van der Waals surface area contributed by atoms with Gasteiger partial charge >= 0.3 is 0 Å². The fourth-order valence-electron chi connectivity index (χ4n) is 2.00. The van der Waals surface area contributed by atoms with Crippen molar-refractivity contribution in [2.24, 2.45) is 12.5 Å². The first-order chi connectivity index (χ1) is 8.07. The Morgan fingerprint density at radius 2 is 2.29 bits per heavy atom. The van der Waals surface area contributed by atoms with Gasteiger partial charge in [0.25, 0.3) is 0 Å². The first-order valence-electron chi connectivity index (χ1n) is 5.69. The van der Waals surface area contributed by atoms with E-state index in [2.05, 4.69) is 22.3 Å². The van der Waals surface area contributed by atoms with Crippen LogP contribution >= 0.6 is 11.3 Å². The molecule has 0 saturated carbocycles. The fraction of sp³-hybridized carbons (Fsp3) is 0.636. The third-order valence-electron chi connectivity index (χ3n) is 3.11. The van der Waals surface area contributed by atoms with E-state index in [1.807, 2.05) is 18.7 Å². The Kier molecular flexibility index (Phi) is 2.38. The van der Waals surface area contributed by atoms with Gasteiger partial charge in [-0.2, -0.15) is 5.10 Å². The number of aryl methyl sites for hydroxylation is 2. The van der Waals surface area contributed by atoms with Crippen LogP contribution < -0.4 is 5.32 Å². The second kappa shape index (κ2) is 3.68. The molecule has 0 aromatic carbocycles. The number of nitrogens with zero attached hydrogens (tertiary/aromatic N) is 3. The summed E-state index contributed by atoms with van der Waals surface area (Å²) in [5.41, 5.74) is 2.28. The third kappa shape index (κ3) is 1.81. The van der Waals surface area contributed by atoms with Gasteiger partial charge in [-0.3, -0.25) is 0 Å². The molecule has 0 bridgehead atoms. The van der Waals surface area contributed by atoms with E-state index in [4.69, 9.17) is 4.74 Å². The molecule has 0 amide bonds. The number of fused-ring (bicyclic) bond motifs is 1. The van der Waals surface area contributed by atoms with Crippen molar-refractivity contribution < 1.29 is 4.74 Å². The third-order valence-corrected chi connectivity index (χ3v) is 4.22. The lowest BCUT2D eigenvalue weighted by molar-refractivity contribution is -0.0924. The van der Waals surface area contributed by atoms with E-state index < -0.39 is 0 Å². The molecule has 0 aliphatic carbocycles. The highest BCUT2D eigenvalue weighted by molar-refractivity contribution is 7.22. The number of hydrogen-bond donors (Lipinski definition) is 1. The van der Waals surface area contributed by atoms with Crippen molar-refractivity contribution in [1.82, 2.24) is 14.8 Å². The summed E-state index contributed by atoms with van der Waals surface area (Å²) in [6.45, 7) is 6.84. The molecule has 1 fully saturated rings. The van der Waals surface area contributed by atoms with E-state index in [1.165, 1.54) is 4.70 Å². The average molecular weight is 252 g/mol. The second-order valence-corrected chi connectivity index (χ2v) is 6.04. The van der Waals surface area contributed by atoms with Crippen molar-refractivity contribution >= 4 is 26.8 Å². The van der Waals surface area contributed by atoms with E-state index in [9.17, 15) is 0 Å². The predicted molar refractivity (Wildman–Crippen MR) is 68.5 cm³/mol. The van der Waals surface area contributed by atoms with E-state index >= 15 is 0 Å². The van der Waals surface area contributed by atoms with E-state index in [1.54, 1.807) is 11.3 Å². The molecule has 2 aromatic rings. The van der Waals surface area contributed by atoms with Crippen molar-refractivity contribution in [3.05, 3.63) is 5.69 Å². The minimum atomic E-state index is 0.269. The molecule has 1 N–H and O–H groups in total. The minimum Gasteiger partial charge on any atom is -0.380 e. The maximum absolute atomic E-state index is 5.24. The number of anilines is 1. The molecule has 1 aliphatic rings. The van der Waals surface area contributed by atoms with Crippen molar-refractivity contribution in [3.8, 4) is 0 Å². The molecule has 3 heterocycles. The lowest BCUT2D eigenvalue weighted by atomic mass is 9.89. The first-order valence-corrected chi connectivity index (χ1v) is 6.51. The minimum absolute atomic E-state index is 0.269. The molecule has 92 valence electrons. The Labute approximate surface area is 104 Å². The highest BCUT2D eigenvalue weighted by Gasteiger charge is 2.33. The van der Waals surface area contributed by atoms with Crippen LogP contribution in [0.25, 0.3) is 10.3 Å². The molecule has 3 rings (SSSR count). The molecule has 0 unspecified atom stereocenters. The summed E-state index contributed by atoms with van der Waals surface area (Å²) in [7, 11) is 1.93. The summed E-state index contributed by atoms with van der Waals surface area (Å²) < 4.78 is 8.24. The number of thiazole rings is 1. The zero-order valence-electron chi connectivity index (χ0n) is 10.3. The number of ether oxygens (including phenoxy) is 1. The lowest BCUT2D eigenvalue weighted by Crippen LogP contribution is -2.45. The van der Waals surface area contributed by atoms with E-state index in [0.717, 1.165) is 36.2 Å². The summed E-state index contributed by atoms with van der Waals surface area (Å²) in [4.78, 5) is 4.56. The summed E-state index contributed by atoms with van der Waals surface area (Å²) in [6.07, 6.45) is 0. The van der Waals surface area contributed by atoms with Crippen LogP contribution in [-0.2, 0) is 11.8 Å². The number of hydrogen-bond acceptors (Lipinski definition) is 5. The smallest absolute Gasteiger partial charge is 0.185 e. The van der Waals surface area contributed by atoms with Gasteiger partial charge in [0, 0.05) is 19.0 Å². The molecule has 5 nitrogen and oxygen atoms in total. The fourth-order valence-corrected chi connectivity index (χ4v) is 2.93. The first kappa shape index (κ1) is 11.0. The molecule has 1 aliphatic heterocycles. The number of nitrogens with one attached hydrogen (secondary N) is 1. The largest absolute Gasteiger partial charge is 0.380 e. The van der Waals surface area contributed by atoms with Gasteiger partial charge in [-0.25, -0.2) is 9.67 Å². The maximum Gasteiger partial charge on any atom is 0.185 e. The van der Waals surface area contributed by atoms with Crippen molar-refractivity contribution in [1.29, 1.82) is 0 Å². The van der Waals surface area contributed by atoms with Crippen LogP contribution in [0.15, 0.2) is 0 Å². The quantitative estimate of drug-likeness (QED) is 0.905. The van der Waals surface area contributed by atoms with Gasteiger partial charge in [-0.1, -0.05) is 18.3 Å². The van der Waals surface area contributed by atoms with Gasteiger partial charge in [0.15, 0.2) is 10.8 Å². The van der Waals surface area contributed by atoms with Gasteiger partial charge < -0.3 is 10.1 Å². The van der Waals surface area contributed by atoms with Gasteiger partial charge in [0.05, 0.1) is 23.6 Å². The lowest BCUT2D eigenvalue weighted by Gasteiger charge is -2.37. The number of rotatable bonds is 3. The van der Waals surface area contributed by atoms with Crippen LogP contribution in [0.2, 0.25) is 0 Å². The van der Waals surface area contributed by atoms with Crippen LogP contribution in [0.5, 0.6) is 0 Å². The Hall–Kier alpha value is -1.14. The molecule has 1 saturated heterocycles. The Balaban J connectivity index is 1.79. The van der Waals surface area contributed by atoms with E-state index in [-0.39, 0.29) is 5.41 Å². The van der Waals surface area contributed by atoms with Crippen LogP contribution in [0.3, 0.4) is 0 Å². The highest BCUT2D eigenvalue weighted by Crippen LogP contribution is 2.31. The Morgan fingerprint density at radius 3 is 2.88 bits per heavy atom. The van der Waals surface area contributed by atoms with Crippen molar-refractivity contribution in [3.63, 3.8) is 0 Å². The normalized spacial score (nSPS) is 18.3. The van der Waals surface area contributed by atoms with Crippen LogP contribution in [0, 0.1) is 12.3 Å². The van der Waals surface area contributed by atoms with Gasteiger partial charge in [0.2, 0.25) is 0 Å². The summed E-state index contributed by atoms with van der Waals surface area (Å²) in [5, 5.41) is 8.72. The standard InChI is InChI=1S/C11H16N4OS/c1-7-8-9(15(3)14-7)13-10(17-8)12-4-11(2)5-16-6-11/h4-6H2,1-3H3,(H,12,13). The molecule has 0 spiro atoms. The highest BCUT2D eigenvalue weighted by atomic mass is 32.1. The van der Waals surface area contributed by atoms with E-state index in [0.29, 0.717) is 0 Å². The topological polar surface area (TPSA) is 52.0 Å². The molecular formula is C11H16N4OS. The zero-order chi connectivity index (χ0) is 12.0. The monoisotopic (exact) mass is 252 g/mol. The predicted octanol–water partition coefficient (Wildman–Crippen LogP) is 1.79. The van der Waals surface area contributed by atoms with Gasteiger partial charge in [-0.05, 0) is 6.92 Å². The SMILES string of the molecule is Cc1nn(C)c2nc(NCC3(C)COC3)sc12. The van der Waals surface area contributed by atoms with Crippen LogP contribution in [0.1, 0.15) is 12.6 Å². The average Bonchev–Trinajstić information content (AvgIpc) is 2.76. The molecule has 17 heavy (non-hydrogen) atoms. The van der Waals surface area contributed by atoms with Crippen molar-refractivity contribution in [2.75, 3.05) is 25.1 Å². The maximum atomic E-state index is 5.24. The Bertz CT molecular complexity index is 521. The molecule has 6 heteroatoms. The zero-order valence-corrected chi connectivity index (χ0v) is 11.1. The van der Waals surface area contributed by atoms with Gasteiger partial charge in [-0.15, -0.1) is 0 Å². The summed E-state index contributed by atoms with van der Waals surface area (Å²) in [5.74, 6) is 0.